The van der Waals surface area contributed by atoms with Gasteiger partial charge >= 0.3 is 0 Å². The summed E-state index contributed by atoms with van der Waals surface area (Å²) < 4.78 is 49.9. The van der Waals surface area contributed by atoms with Gasteiger partial charge in [0, 0.05) is 37.0 Å². The molecule has 8 heteroatoms. The summed E-state index contributed by atoms with van der Waals surface area (Å²) in [6.07, 6.45) is 2.61. The summed E-state index contributed by atoms with van der Waals surface area (Å²) in [7, 11) is -2.23. The van der Waals surface area contributed by atoms with Gasteiger partial charge < -0.3 is 9.64 Å². The molecule has 0 aromatic heterocycles. The third-order valence-corrected chi connectivity index (χ3v) is 9.34. The van der Waals surface area contributed by atoms with Gasteiger partial charge in [-0.25, -0.2) is 12.8 Å². The number of anilines is 2. The van der Waals surface area contributed by atoms with E-state index < -0.39 is 10.0 Å². The Hall–Kier alpha value is -3.39. The Morgan fingerprint density at radius 2 is 1.64 bits per heavy atom. The highest BCUT2D eigenvalue weighted by Gasteiger charge is 2.37. The fourth-order valence-corrected chi connectivity index (χ4v) is 6.64. The predicted molar refractivity (Wildman–Crippen MR) is 155 cm³/mol. The zero-order valence-corrected chi connectivity index (χ0v) is 23.4. The Balaban J connectivity index is 1.77. The molecule has 0 bridgehead atoms. The number of ether oxygens (including phenoxy) is 1. The van der Waals surface area contributed by atoms with Crippen LogP contribution in [0.15, 0.2) is 95.9 Å². The van der Waals surface area contributed by atoms with E-state index in [9.17, 15) is 12.8 Å². The second-order valence-electron chi connectivity index (χ2n) is 9.62. The molecule has 202 valence electrons. The number of likely N-dealkylation sites (N-methyl/N-ethyl adjacent to an activating group) is 1. The molecule has 0 spiro atoms. The predicted octanol–water partition coefficient (Wildman–Crippen LogP) is 8.27. The zero-order valence-electron chi connectivity index (χ0n) is 21.8. The second kappa shape index (κ2) is 11.4. The normalized spacial score (nSPS) is 16.9. The Kier molecular flexibility index (Phi) is 7.93. The maximum atomic E-state index is 14.1. The Bertz CT molecular complexity index is 1560. The average Bonchev–Trinajstić information content (AvgIpc) is 3.02. The number of sulfonamides is 1. The van der Waals surface area contributed by atoms with Gasteiger partial charge in [0.05, 0.1) is 10.7 Å². The van der Waals surface area contributed by atoms with Crippen LogP contribution in [0.25, 0.3) is 11.1 Å². The Morgan fingerprint density at radius 3 is 2.33 bits per heavy atom. The van der Waals surface area contributed by atoms with E-state index >= 15 is 0 Å². The van der Waals surface area contributed by atoms with Crippen LogP contribution in [-0.4, -0.2) is 32.4 Å². The first-order valence-electron chi connectivity index (χ1n) is 13.0. The topological polar surface area (TPSA) is 49.9 Å². The van der Waals surface area contributed by atoms with Crippen molar-refractivity contribution in [3.8, 4) is 22.6 Å². The molecule has 0 amide bonds. The van der Waals surface area contributed by atoms with Crippen LogP contribution in [0.3, 0.4) is 0 Å². The lowest BCUT2D eigenvalue weighted by molar-refractivity contribution is 0.351. The SMILES string of the molecule is CCCC[C@@H]1CN(c2ccccc2)c2cc(Oc3ccccc3Cl)c(-c3ccc(F)cc3)cc2S(=O)(=O)N1C. The van der Waals surface area contributed by atoms with Crippen LogP contribution in [0, 0.1) is 5.82 Å². The molecule has 1 heterocycles. The molecule has 0 fully saturated rings. The third kappa shape index (κ3) is 5.53. The molecular weight excluding hydrogens is 535 g/mol. The van der Waals surface area contributed by atoms with Gasteiger partial charge in [0.1, 0.15) is 22.2 Å². The first-order chi connectivity index (χ1) is 18.8. The van der Waals surface area contributed by atoms with Crippen LogP contribution in [0.4, 0.5) is 15.8 Å². The molecular formula is C31H30ClFN2O3S. The van der Waals surface area contributed by atoms with Crippen molar-refractivity contribution in [3.05, 3.63) is 102 Å². The number of rotatable bonds is 7. The summed E-state index contributed by atoms with van der Waals surface area (Å²) in [5.74, 6) is 0.464. The van der Waals surface area contributed by atoms with Crippen LogP contribution < -0.4 is 9.64 Å². The molecule has 1 atom stereocenters. The number of unbranched alkanes of at least 4 members (excludes halogenated alkanes) is 1. The number of benzene rings is 4. The van der Waals surface area contributed by atoms with Gasteiger partial charge in [-0.3, -0.25) is 0 Å². The Labute approximate surface area is 234 Å². The largest absolute Gasteiger partial charge is 0.455 e. The van der Waals surface area contributed by atoms with Gasteiger partial charge in [-0.1, -0.05) is 73.8 Å². The van der Waals surface area contributed by atoms with E-state index in [-0.39, 0.29) is 16.8 Å². The van der Waals surface area contributed by atoms with Gasteiger partial charge in [-0.05, 0) is 54.4 Å². The van der Waals surface area contributed by atoms with Crippen molar-refractivity contribution in [3.63, 3.8) is 0 Å². The number of nitrogens with zero attached hydrogens (tertiary/aromatic N) is 2. The summed E-state index contributed by atoms with van der Waals surface area (Å²) in [5.41, 5.74) is 2.53. The first-order valence-corrected chi connectivity index (χ1v) is 14.8. The van der Waals surface area contributed by atoms with Crippen LogP contribution in [0.1, 0.15) is 26.2 Å². The minimum atomic E-state index is -3.88. The molecule has 0 N–H and O–H groups in total. The molecule has 0 saturated heterocycles. The highest BCUT2D eigenvalue weighted by molar-refractivity contribution is 7.89. The number of hydrogen-bond donors (Lipinski definition) is 0. The van der Waals surface area contributed by atoms with Crippen molar-refractivity contribution in [2.45, 2.75) is 37.1 Å². The summed E-state index contributed by atoms with van der Waals surface area (Å²) in [6.45, 7) is 2.58. The number of para-hydroxylation sites is 2. The van der Waals surface area contributed by atoms with Crippen molar-refractivity contribution >= 4 is 33.0 Å². The van der Waals surface area contributed by atoms with E-state index in [4.69, 9.17) is 16.3 Å². The first kappa shape index (κ1) is 27.2. The van der Waals surface area contributed by atoms with Gasteiger partial charge in [0.25, 0.3) is 0 Å². The van der Waals surface area contributed by atoms with Crippen molar-refractivity contribution in [1.82, 2.24) is 4.31 Å². The van der Waals surface area contributed by atoms with Crippen LogP contribution in [-0.2, 0) is 10.0 Å². The fraction of sp³-hybridized carbons (Fsp3) is 0.226. The lowest BCUT2D eigenvalue weighted by Crippen LogP contribution is -2.40. The van der Waals surface area contributed by atoms with E-state index in [0.29, 0.717) is 39.9 Å². The minimum Gasteiger partial charge on any atom is -0.455 e. The molecule has 1 aliphatic rings. The lowest BCUT2D eigenvalue weighted by atomic mass is 10.0. The molecule has 39 heavy (non-hydrogen) atoms. The van der Waals surface area contributed by atoms with E-state index in [1.54, 1.807) is 43.4 Å². The smallest absolute Gasteiger partial charge is 0.245 e. The van der Waals surface area contributed by atoms with Crippen molar-refractivity contribution in [2.24, 2.45) is 0 Å². The minimum absolute atomic E-state index is 0.165. The molecule has 4 aromatic rings. The maximum Gasteiger partial charge on any atom is 0.245 e. The molecule has 4 aromatic carbocycles. The average molecular weight is 565 g/mol. The molecule has 5 rings (SSSR count). The van der Waals surface area contributed by atoms with E-state index in [0.717, 1.165) is 24.9 Å². The quantitative estimate of drug-likeness (QED) is 0.227. The van der Waals surface area contributed by atoms with E-state index in [1.165, 1.54) is 16.4 Å². The summed E-state index contributed by atoms with van der Waals surface area (Å²) in [4.78, 5) is 2.21. The van der Waals surface area contributed by atoms with Crippen LogP contribution >= 0.6 is 11.6 Å². The monoisotopic (exact) mass is 564 g/mol. The van der Waals surface area contributed by atoms with Crippen LogP contribution in [0.5, 0.6) is 11.5 Å². The van der Waals surface area contributed by atoms with Gasteiger partial charge in [0.2, 0.25) is 10.0 Å². The highest BCUT2D eigenvalue weighted by Crippen LogP contribution is 2.46. The maximum absolute atomic E-state index is 14.1. The highest BCUT2D eigenvalue weighted by atomic mass is 35.5. The Morgan fingerprint density at radius 1 is 0.949 bits per heavy atom. The molecule has 0 unspecified atom stereocenters. The van der Waals surface area contributed by atoms with Gasteiger partial charge in [0.15, 0.2) is 0 Å². The molecule has 0 radical (unpaired) electrons. The standard InChI is InChI=1S/C31H30ClFN2O3S/c1-3-4-10-25-21-35(24-11-6-5-7-12-24)28-20-30(38-29-14-9-8-13-27(29)32)26(22-15-17-23(33)18-16-22)19-31(28)39(36,37)34(25)2/h5-9,11-20,25H,3-4,10,21H2,1-2H3/t25-/m1/s1. The second-order valence-corrected chi connectivity index (χ2v) is 12.0. The number of halogens is 2. The van der Waals surface area contributed by atoms with Crippen molar-refractivity contribution in [2.75, 3.05) is 18.5 Å². The third-order valence-electron chi connectivity index (χ3n) is 7.09. The van der Waals surface area contributed by atoms with Gasteiger partial charge in [-0.2, -0.15) is 4.31 Å². The summed E-state index contributed by atoms with van der Waals surface area (Å²) >= 11 is 6.43. The summed E-state index contributed by atoms with van der Waals surface area (Å²) in [5, 5.41) is 0.421. The summed E-state index contributed by atoms with van der Waals surface area (Å²) in [6, 6.07) is 25.9. The van der Waals surface area contributed by atoms with Crippen molar-refractivity contribution < 1.29 is 17.5 Å². The van der Waals surface area contributed by atoms with Crippen molar-refractivity contribution in [1.29, 1.82) is 0 Å². The lowest BCUT2D eigenvalue weighted by Gasteiger charge is -2.29. The molecule has 0 aliphatic carbocycles. The molecule has 0 saturated carbocycles. The van der Waals surface area contributed by atoms with Gasteiger partial charge in [-0.15, -0.1) is 0 Å². The van der Waals surface area contributed by atoms with E-state index in [2.05, 4.69) is 6.92 Å². The zero-order chi connectivity index (χ0) is 27.6. The molecule has 1 aliphatic heterocycles. The molecule has 5 nitrogen and oxygen atoms in total. The van der Waals surface area contributed by atoms with Crippen LogP contribution in [0.2, 0.25) is 5.02 Å². The van der Waals surface area contributed by atoms with E-state index in [1.807, 2.05) is 47.4 Å². The fourth-order valence-electron chi connectivity index (χ4n) is 4.89. The number of hydrogen-bond acceptors (Lipinski definition) is 4. The number of fused-ring (bicyclic) bond motifs is 1.